The van der Waals surface area contributed by atoms with Gasteiger partial charge >= 0.3 is 0 Å². The first-order valence-corrected chi connectivity index (χ1v) is 8.80. The van der Waals surface area contributed by atoms with Gasteiger partial charge in [-0.15, -0.1) is 11.3 Å². The molecular formula is C18H10BrClN2S. The van der Waals surface area contributed by atoms with Gasteiger partial charge in [-0.3, -0.25) is 0 Å². The highest BCUT2D eigenvalue weighted by Gasteiger charge is 2.10. The Balaban J connectivity index is 1.98. The molecule has 0 atom stereocenters. The van der Waals surface area contributed by atoms with E-state index < -0.39 is 0 Å². The summed E-state index contributed by atoms with van der Waals surface area (Å²) in [6, 6.07) is 17.6. The summed E-state index contributed by atoms with van der Waals surface area (Å²) in [7, 11) is 0. The fourth-order valence-corrected chi connectivity index (χ4v) is 3.45. The molecule has 0 amide bonds. The molecule has 0 saturated carbocycles. The lowest BCUT2D eigenvalue weighted by Crippen LogP contribution is -1.83. The minimum absolute atomic E-state index is 0.504. The van der Waals surface area contributed by atoms with E-state index in [1.54, 1.807) is 12.1 Å². The van der Waals surface area contributed by atoms with E-state index in [-0.39, 0.29) is 0 Å². The third-order valence-corrected chi connectivity index (χ3v) is 4.89. The van der Waals surface area contributed by atoms with Gasteiger partial charge in [-0.1, -0.05) is 57.9 Å². The predicted molar refractivity (Wildman–Crippen MR) is 100 cm³/mol. The Morgan fingerprint density at radius 2 is 2.04 bits per heavy atom. The molecule has 23 heavy (non-hydrogen) atoms. The molecule has 0 aliphatic heterocycles. The van der Waals surface area contributed by atoms with Crippen LogP contribution in [0, 0.1) is 11.3 Å². The van der Waals surface area contributed by atoms with Crippen molar-refractivity contribution in [2.24, 2.45) is 0 Å². The van der Waals surface area contributed by atoms with E-state index in [0.29, 0.717) is 15.6 Å². The van der Waals surface area contributed by atoms with Gasteiger partial charge in [-0.05, 0) is 29.8 Å². The first-order valence-electron chi connectivity index (χ1n) is 6.75. The minimum Gasteiger partial charge on any atom is -0.235 e. The summed E-state index contributed by atoms with van der Waals surface area (Å²) in [5.41, 5.74) is 3.18. The van der Waals surface area contributed by atoms with Gasteiger partial charge in [-0.2, -0.15) is 5.26 Å². The van der Waals surface area contributed by atoms with Crippen LogP contribution in [-0.2, 0) is 0 Å². The van der Waals surface area contributed by atoms with Crippen molar-refractivity contribution >= 4 is 50.5 Å². The predicted octanol–water partition coefficient (Wildman–Crippen LogP) is 6.29. The van der Waals surface area contributed by atoms with Gasteiger partial charge in [0.05, 0.1) is 11.3 Å². The van der Waals surface area contributed by atoms with E-state index in [1.165, 1.54) is 11.3 Å². The fourth-order valence-electron chi connectivity index (χ4n) is 2.07. The largest absolute Gasteiger partial charge is 0.235 e. The summed E-state index contributed by atoms with van der Waals surface area (Å²) in [6.07, 6.45) is 1.77. The molecule has 1 heterocycles. The van der Waals surface area contributed by atoms with Gasteiger partial charge in [0.2, 0.25) is 0 Å². The Kier molecular flexibility index (Phi) is 4.92. The maximum atomic E-state index is 9.45. The monoisotopic (exact) mass is 400 g/mol. The van der Waals surface area contributed by atoms with Crippen LogP contribution in [0.25, 0.3) is 22.9 Å². The van der Waals surface area contributed by atoms with Crippen LogP contribution in [0.3, 0.4) is 0 Å². The fraction of sp³-hybridized carbons (Fsp3) is 0. The van der Waals surface area contributed by atoms with Gasteiger partial charge < -0.3 is 0 Å². The van der Waals surface area contributed by atoms with Crippen molar-refractivity contribution in [2.75, 3.05) is 0 Å². The Bertz CT molecular complexity index is 925. The van der Waals surface area contributed by atoms with Gasteiger partial charge in [-0.25, -0.2) is 4.98 Å². The van der Waals surface area contributed by atoms with E-state index in [0.717, 1.165) is 21.3 Å². The molecule has 0 spiro atoms. The lowest BCUT2D eigenvalue weighted by molar-refractivity contribution is 1.37. The molecule has 0 unspecified atom stereocenters. The summed E-state index contributed by atoms with van der Waals surface area (Å²) in [4.78, 5) is 4.58. The van der Waals surface area contributed by atoms with Crippen LogP contribution in [0.1, 0.15) is 10.6 Å². The SMILES string of the molecule is N#CC(=Cc1ccccc1Cl)c1nc(-c2cccc(Br)c2)cs1. The number of hydrogen-bond donors (Lipinski definition) is 0. The van der Waals surface area contributed by atoms with Crippen LogP contribution in [0.15, 0.2) is 58.4 Å². The quantitative estimate of drug-likeness (QED) is 0.483. The molecule has 1 aromatic heterocycles. The maximum Gasteiger partial charge on any atom is 0.134 e. The van der Waals surface area contributed by atoms with Crippen LogP contribution in [0.5, 0.6) is 0 Å². The molecule has 3 rings (SSSR count). The van der Waals surface area contributed by atoms with Gasteiger partial charge in [0, 0.05) is 20.4 Å². The summed E-state index contributed by atoms with van der Waals surface area (Å²) in [5.74, 6) is 0. The van der Waals surface area contributed by atoms with E-state index >= 15 is 0 Å². The maximum absolute atomic E-state index is 9.45. The molecule has 0 aliphatic carbocycles. The number of nitriles is 1. The molecule has 2 nitrogen and oxygen atoms in total. The summed E-state index contributed by atoms with van der Waals surface area (Å²) in [6.45, 7) is 0. The second-order valence-corrected chi connectivity index (χ2v) is 6.92. The van der Waals surface area contributed by atoms with Crippen LogP contribution in [0.2, 0.25) is 5.02 Å². The Labute approximate surface area is 151 Å². The topological polar surface area (TPSA) is 36.7 Å². The molecule has 0 saturated heterocycles. The van der Waals surface area contributed by atoms with Crippen LogP contribution in [-0.4, -0.2) is 4.98 Å². The number of thiazole rings is 1. The molecule has 2 aromatic carbocycles. The zero-order chi connectivity index (χ0) is 16.2. The van der Waals surface area contributed by atoms with Crippen molar-refractivity contribution in [3.8, 4) is 17.3 Å². The summed E-state index contributed by atoms with van der Waals surface area (Å²) < 4.78 is 0.997. The molecule has 112 valence electrons. The number of hydrogen-bond acceptors (Lipinski definition) is 3. The smallest absolute Gasteiger partial charge is 0.134 e. The molecule has 0 fully saturated rings. The van der Waals surface area contributed by atoms with E-state index in [9.17, 15) is 5.26 Å². The standard InChI is InChI=1S/C18H10BrClN2S/c19-15-6-3-5-13(9-15)17-11-23-18(22-17)14(10-21)8-12-4-1-2-7-16(12)20/h1-9,11H. The van der Waals surface area contributed by atoms with E-state index in [2.05, 4.69) is 27.0 Å². The molecular weight excluding hydrogens is 392 g/mol. The number of benzene rings is 2. The number of halogens is 2. The number of aromatic nitrogens is 1. The lowest BCUT2D eigenvalue weighted by Gasteiger charge is -1.99. The van der Waals surface area contributed by atoms with Crippen LogP contribution < -0.4 is 0 Å². The first-order chi connectivity index (χ1) is 11.2. The van der Waals surface area contributed by atoms with Gasteiger partial charge in [0.1, 0.15) is 11.1 Å². The van der Waals surface area contributed by atoms with Crippen molar-refractivity contribution in [3.05, 3.63) is 74.0 Å². The second kappa shape index (κ2) is 7.10. The third-order valence-electron chi connectivity index (χ3n) is 3.18. The molecule has 0 bridgehead atoms. The number of rotatable bonds is 3. The van der Waals surface area contributed by atoms with Crippen LogP contribution in [0.4, 0.5) is 0 Å². The second-order valence-electron chi connectivity index (χ2n) is 4.74. The van der Waals surface area contributed by atoms with Crippen LogP contribution >= 0.6 is 38.9 Å². The average Bonchev–Trinajstić information content (AvgIpc) is 3.04. The van der Waals surface area contributed by atoms with E-state index in [1.807, 2.05) is 47.8 Å². The number of allylic oxidation sites excluding steroid dienone is 1. The van der Waals surface area contributed by atoms with Crippen molar-refractivity contribution in [3.63, 3.8) is 0 Å². The minimum atomic E-state index is 0.504. The zero-order valence-corrected chi connectivity index (χ0v) is 15.0. The highest BCUT2D eigenvalue weighted by molar-refractivity contribution is 9.10. The summed E-state index contributed by atoms with van der Waals surface area (Å²) in [5, 5.41) is 12.7. The lowest BCUT2D eigenvalue weighted by atomic mass is 10.1. The zero-order valence-electron chi connectivity index (χ0n) is 11.8. The highest BCUT2D eigenvalue weighted by Crippen LogP contribution is 2.29. The summed E-state index contributed by atoms with van der Waals surface area (Å²) >= 11 is 11.1. The Morgan fingerprint density at radius 3 is 2.78 bits per heavy atom. The molecule has 5 heteroatoms. The van der Waals surface area contributed by atoms with Crippen molar-refractivity contribution in [1.29, 1.82) is 5.26 Å². The normalized spacial score (nSPS) is 11.3. The molecule has 3 aromatic rings. The van der Waals surface area contributed by atoms with Crippen molar-refractivity contribution < 1.29 is 0 Å². The Morgan fingerprint density at radius 1 is 1.22 bits per heavy atom. The van der Waals surface area contributed by atoms with E-state index in [4.69, 9.17) is 11.6 Å². The first kappa shape index (κ1) is 15.9. The third kappa shape index (κ3) is 3.70. The highest BCUT2D eigenvalue weighted by atomic mass is 79.9. The molecule has 0 radical (unpaired) electrons. The number of nitrogens with zero attached hydrogens (tertiary/aromatic N) is 2. The molecule has 0 aliphatic rings. The average molecular weight is 402 g/mol. The molecule has 0 N–H and O–H groups in total. The Hall–Kier alpha value is -1.93. The van der Waals surface area contributed by atoms with Gasteiger partial charge in [0.15, 0.2) is 0 Å². The van der Waals surface area contributed by atoms with Crippen molar-refractivity contribution in [1.82, 2.24) is 4.98 Å². The van der Waals surface area contributed by atoms with Gasteiger partial charge in [0.25, 0.3) is 0 Å². The van der Waals surface area contributed by atoms with Crippen molar-refractivity contribution in [2.45, 2.75) is 0 Å².